The number of rotatable bonds is 7. The molecule has 2 aliphatic rings. The Bertz CT molecular complexity index is 450. The zero-order chi connectivity index (χ0) is 13.1. The third kappa shape index (κ3) is 3.80. The van der Waals surface area contributed by atoms with Crippen molar-refractivity contribution in [3.05, 3.63) is 35.4 Å². The molecule has 2 N–H and O–H groups in total. The van der Waals surface area contributed by atoms with Crippen molar-refractivity contribution in [2.75, 3.05) is 6.54 Å². The molecule has 0 bridgehead atoms. The second kappa shape index (κ2) is 5.74. The monoisotopic (exact) mass is 258 g/mol. The van der Waals surface area contributed by atoms with Crippen LogP contribution < -0.4 is 10.6 Å². The fraction of sp³-hybridized carbons (Fsp3) is 0.562. The van der Waals surface area contributed by atoms with E-state index in [-0.39, 0.29) is 5.91 Å². The summed E-state index contributed by atoms with van der Waals surface area (Å²) < 4.78 is 0. The van der Waals surface area contributed by atoms with Gasteiger partial charge in [0.05, 0.1) is 0 Å². The van der Waals surface area contributed by atoms with Crippen LogP contribution in [-0.2, 0) is 11.3 Å². The highest BCUT2D eigenvalue weighted by molar-refractivity contribution is 5.76. The highest BCUT2D eigenvalue weighted by atomic mass is 16.1. The number of nitrogens with one attached hydrogen (secondary N) is 2. The van der Waals surface area contributed by atoms with E-state index in [1.54, 1.807) is 0 Å². The van der Waals surface area contributed by atoms with Crippen molar-refractivity contribution in [2.24, 2.45) is 0 Å². The second-order valence-electron chi connectivity index (χ2n) is 5.74. The lowest BCUT2D eigenvalue weighted by atomic mass is 10.0. The van der Waals surface area contributed by atoms with E-state index in [1.807, 2.05) is 0 Å². The summed E-state index contributed by atoms with van der Waals surface area (Å²) in [4.78, 5) is 11.5. The zero-order valence-electron chi connectivity index (χ0n) is 11.3. The normalized spacial score (nSPS) is 18.3. The predicted octanol–water partition coefficient (Wildman–Crippen LogP) is 2.32. The Balaban J connectivity index is 1.40. The minimum Gasteiger partial charge on any atom is -0.353 e. The van der Waals surface area contributed by atoms with Crippen LogP contribution in [-0.4, -0.2) is 18.5 Å². The number of carbonyl (C=O) groups excluding carboxylic acids is 1. The van der Waals surface area contributed by atoms with Crippen LogP contribution in [0.25, 0.3) is 0 Å². The molecule has 0 aromatic heterocycles. The quantitative estimate of drug-likeness (QED) is 0.737. The smallest absolute Gasteiger partial charge is 0.221 e. The van der Waals surface area contributed by atoms with Gasteiger partial charge in [0.15, 0.2) is 0 Å². The van der Waals surface area contributed by atoms with E-state index in [1.165, 1.54) is 24.0 Å². The van der Waals surface area contributed by atoms with Gasteiger partial charge in [-0.25, -0.2) is 0 Å². The number of carbonyl (C=O) groups is 1. The molecule has 0 aliphatic heterocycles. The summed E-state index contributed by atoms with van der Waals surface area (Å²) in [7, 11) is 0. The van der Waals surface area contributed by atoms with Gasteiger partial charge < -0.3 is 10.6 Å². The van der Waals surface area contributed by atoms with Gasteiger partial charge in [0.2, 0.25) is 5.91 Å². The average molecular weight is 258 g/mol. The molecule has 0 radical (unpaired) electrons. The van der Waals surface area contributed by atoms with Crippen molar-refractivity contribution in [3.8, 4) is 0 Å². The van der Waals surface area contributed by atoms with Gasteiger partial charge in [-0.05, 0) is 42.7 Å². The summed E-state index contributed by atoms with van der Waals surface area (Å²) in [6.45, 7) is 1.64. The van der Waals surface area contributed by atoms with Gasteiger partial charge in [0.25, 0.3) is 0 Å². The molecular formula is C16H22N2O. The van der Waals surface area contributed by atoms with E-state index < -0.39 is 0 Å². The second-order valence-corrected chi connectivity index (χ2v) is 5.74. The van der Waals surface area contributed by atoms with Gasteiger partial charge in [-0.15, -0.1) is 0 Å². The first-order chi connectivity index (χ1) is 9.33. The third-order valence-corrected chi connectivity index (χ3v) is 3.86. The third-order valence-electron chi connectivity index (χ3n) is 3.86. The maximum Gasteiger partial charge on any atom is 0.221 e. The van der Waals surface area contributed by atoms with Crippen molar-refractivity contribution < 1.29 is 4.79 Å². The first-order valence-electron chi connectivity index (χ1n) is 7.41. The molecule has 0 atom stereocenters. The summed E-state index contributed by atoms with van der Waals surface area (Å²) in [6, 6.07) is 9.14. The Labute approximate surface area is 114 Å². The zero-order valence-corrected chi connectivity index (χ0v) is 11.3. The van der Waals surface area contributed by atoms with Crippen LogP contribution in [0.15, 0.2) is 24.3 Å². The molecule has 0 heterocycles. The van der Waals surface area contributed by atoms with Crippen molar-refractivity contribution in [2.45, 2.75) is 50.6 Å². The highest BCUT2D eigenvalue weighted by Crippen LogP contribution is 2.41. The lowest BCUT2D eigenvalue weighted by Crippen LogP contribution is -2.29. The summed E-state index contributed by atoms with van der Waals surface area (Å²) >= 11 is 0. The first-order valence-corrected chi connectivity index (χ1v) is 7.41. The van der Waals surface area contributed by atoms with Crippen LogP contribution in [0, 0.1) is 0 Å². The van der Waals surface area contributed by atoms with Crippen LogP contribution in [0.3, 0.4) is 0 Å². The topological polar surface area (TPSA) is 41.1 Å². The van der Waals surface area contributed by atoms with Crippen LogP contribution in [0.1, 0.15) is 49.1 Å². The van der Waals surface area contributed by atoms with E-state index in [9.17, 15) is 4.79 Å². The molecule has 2 saturated carbocycles. The molecule has 0 saturated heterocycles. The van der Waals surface area contributed by atoms with Gasteiger partial charge >= 0.3 is 0 Å². The summed E-state index contributed by atoms with van der Waals surface area (Å²) in [5, 5.41) is 6.40. The predicted molar refractivity (Wildman–Crippen MR) is 75.9 cm³/mol. The molecule has 3 rings (SSSR count). The molecular weight excluding hydrogens is 236 g/mol. The fourth-order valence-corrected chi connectivity index (χ4v) is 2.44. The fourth-order valence-electron chi connectivity index (χ4n) is 2.44. The molecule has 1 amide bonds. The number of hydrogen-bond donors (Lipinski definition) is 2. The molecule has 1 aromatic rings. The SMILES string of the molecule is O=C(CCNCc1ccccc1C1CC1)NC1CC1. The van der Waals surface area contributed by atoms with Gasteiger partial charge in [0.1, 0.15) is 0 Å². The molecule has 0 spiro atoms. The standard InChI is InChI=1S/C16H22N2O/c19-16(18-14-7-8-14)9-10-17-11-13-3-1-2-4-15(13)12-5-6-12/h1-4,12,14,17H,5-11H2,(H,18,19). The highest BCUT2D eigenvalue weighted by Gasteiger charge is 2.25. The molecule has 1 aromatic carbocycles. The molecule has 2 fully saturated rings. The van der Waals surface area contributed by atoms with Crippen LogP contribution in [0.2, 0.25) is 0 Å². The van der Waals surface area contributed by atoms with Gasteiger partial charge in [-0.3, -0.25) is 4.79 Å². The van der Waals surface area contributed by atoms with Crippen LogP contribution in [0.4, 0.5) is 0 Å². The van der Waals surface area contributed by atoms with E-state index in [2.05, 4.69) is 34.9 Å². The first kappa shape index (κ1) is 12.7. The Morgan fingerprint density at radius 1 is 1.16 bits per heavy atom. The van der Waals surface area contributed by atoms with E-state index in [0.717, 1.165) is 31.8 Å². The largest absolute Gasteiger partial charge is 0.353 e. The Kier molecular flexibility index (Phi) is 3.83. The van der Waals surface area contributed by atoms with Crippen molar-refractivity contribution in [1.29, 1.82) is 0 Å². The van der Waals surface area contributed by atoms with Gasteiger partial charge in [0, 0.05) is 25.6 Å². The molecule has 19 heavy (non-hydrogen) atoms. The van der Waals surface area contributed by atoms with E-state index >= 15 is 0 Å². The minimum absolute atomic E-state index is 0.186. The van der Waals surface area contributed by atoms with Crippen molar-refractivity contribution >= 4 is 5.91 Å². The average Bonchev–Trinajstić information content (AvgIpc) is 3.27. The van der Waals surface area contributed by atoms with Crippen LogP contribution >= 0.6 is 0 Å². The maximum absolute atomic E-state index is 11.5. The van der Waals surface area contributed by atoms with E-state index in [4.69, 9.17) is 0 Å². The van der Waals surface area contributed by atoms with Crippen molar-refractivity contribution in [3.63, 3.8) is 0 Å². The lowest BCUT2D eigenvalue weighted by Gasteiger charge is -2.10. The molecule has 3 nitrogen and oxygen atoms in total. The number of amides is 1. The summed E-state index contributed by atoms with van der Waals surface area (Å²) in [5.41, 5.74) is 2.89. The summed E-state index contributed by atoms with van der Waals surface area (Å²) in [6.07, 6.45) is 5.57. The van der Waals surface area contributed by atoms with Crippen LogP contribution in [0.5, 0.6) is 0 Å². The maximum atomic E-state index is 11.5. The minimum atomic E-state index is 0.186. The Morgan fingerprint density at radius 3 is 2.68 bits per heavy atom. The van der Waals surface area contributed by atoms with Gasteiger partial charge in [-0.2, -0.15) is 0 Å². The van der Waals surface area contributed by atoms with Crippen molar-refractivity contribution in [1.82, 2.24) is 10.6 Å². The molecule has 0 unspecified atom stereocenters. The molecule has 102 valence electrons. The molecule has 3 heteroatoms. The Morgan fingerprint density at radius 2 is 1.95 bits per heavy atom. The number of hydrogen-bond acceptors (Lipinski definition) is 2. The van der Waals surface area contributed by atoms with E-state index in [0.29, 0.717) is 12.5 Å². The lowest BCUT2D eigenvalue weighted by molar-refractivity contribution is -0.121. The number of benzene rings is 1. The molecule has 2 aliphatic carbocycles. The van der Waals surface area contributed by atoms with Gasteiger partial charge in [-0.1, -0.05) is 24.3 Å². The summed E-state index contributed by atoms with van der Waals surface area (Å²) in [5.74, 6) is 0.974. The Hall–Kier alpha value is -1.35.